The zero-order chi connectivity index (χ0) is 27.3. The first-order chi connectivity index (χ1) is 18.1. The van der Waals surface area contributed by atoms with Gasteiger partial charge in [-0.25, -0.2) is 13.6 Å². The van der Waals surface area contributed by atoms with E-state index < -0.39 is 35.1 Å². The normalized spacial score (nSPS) is 23.8. The van der Waals surface area contributed by atoms with Crippen molar-refractivity contribution in [3.63, 3.8) is 0 Å². The Balaban J connectivity index is 1.31. The van der Waals surface area contributed by atoms with Crippen molar-refractivity contribution in [2.75, 3.05) is 0 Å². The first-order valence-electron chi connectivity index (χ1n) is 13.5. The molecule has 0 saturated heterocycles. The van der Waals surface area contributed by atoms with Gasteiger partial charge in [0.1, 0.15) is 17.4 Å². The van der Waals surface area contributed by atoms with Crippen LogP contribution in [0.5, 0.6) is 5.75 Å². The summed E-state index contributed by atoms with van der Waals surface area (Å²) in [5.41, 5.74) is 0.342. The summed E-state index contributed by atoms with van der Waals surface area (Å²) >= 11 is 0. The number of esters is 1. The number of carbonyl (C=O) groups excluding carboxylic acids is 1. The number of hydrogen-bond acceptors (Lipinski definition) is 2. The minimum absolute atomic E-state index is 0.216. The molecule has 2 aliphatic carbocycles. The largest absolute Gasteiger partial charge is 0.458 e. The SMILES string of the molecule is CCCC1CCC(C2CCC(c3ccc(C(=O)Oc4cc(F)c(C#CC(F)(F)F)c(F)c4)cc3)CC2)CC1. The van der Waals surface area contributed by atoms with E-state index in [-0.39, 0.29) is 5.56 Å². The summed E-state index contributed by atoms with van der Waals surface area (Å²) < 4.78 is 69.9. The molecule has 38 heavy (non-hydrogen) atoms. The summed E-state index contributed by atoms with van der Waals surface area (Å²) in [6.07, 6.45) is 7.99. The van der Waals surface area contributed by atoms with Gasteiger partial charge in [0.05, 0.1) is 11.1 Å². The molecule has 0 N–H and O–H groups in total. The van der Waals surface area contributed by atoms with E-state index in [1.165, 1.54) is 57.3 Å². The third-order valence-corrected chi connectivity index (χ3v) is 8.20. The number of halogens is 5. The molecule has 0 radical (unpaired) electrons. The first-order valence-corrected chi connectivity index (χ1v) is 13.5. The Hall–Kier alpha value is -2.88. The smallest absolute Gasteiger partial charge is 0.423 e. The lowest BCUT2D eigenvalue weighted by atomic mass is 9.68. The van der Waals surface area contributed by atoms with Crippen LogP contribution in [-0.2, 0) is 0 Å². The molecule has 204 valence electrons. The van der Waals surface area contributed by atoms with E-state index in [4.69, 9.17) is 4.74 Å². The van der Waals surface area contributed by atoms with Gasteiger partial charge in [-0.15, -0.1) is 0 Å². The van der Waals surface area contributed by atoms with Crippen LogP contribution in [0.3, 0.4) is 0 Å². The molecule has 0 aliphatic heterocycles. The molecule has 0 unspecified atom stereocenters. The van der Waals surface area contributed by atoms with Gasteiger partial charge in [-0.05, 0) is 79.9 Å². The number of alkyl halides is 3. The van der Waals surface area contributed by atoms with Crippen molar-refractivity contribution in [3.8, 4) is 17.6 Å². The predicted molar refractivity (Wildman–Crippen MR) is 136 cm³/mol. The van der Waals surface area contributed by atoms with Crippen molar-refractivity contribution < 1.29 is 31.5 Å². The summed E-state index contributed by atoms with van der Waals surface area (Å²) in [5, 5.41) is 0. The van der Waals surface area contributed by atoms with E-state index in [9.17, 15) is 26.7 Å². The third kappa shape index (κ3) is 7.36. The lowest BCUT2D eigenvalue weighted by Gasteiger charge is -2.38. The molecule has 2 aromatic carbocycles. The number of ether oxygens (including phenoxy) is 1. The van der Waals surface area contributed by atoms with Gasteiger partial charge in [0.25, 0.3) is 0 Å². The Bertz CT molecular complexity index is 1140. The highest BCUT2D eigenvalue weighted by Gasteiger charge is 2.31. The van der Waals surface area contributed by atoms with Crippen molar-refractivity contribution in [2.24, 2.45) is 17.8 Å². The third-order valence-electron chi connectivity index (χ3n) is 8.20. The molecule has 0 spiro atoms. The Morgan fingerprint density at radius 3 is 1.97 bits per heavy atom. The molecular formula is C31H33F5O2. The van der Waals surface area contributed by atoms with Gasteiger partial charge in [0, 0.05) is 18.1 Å². The highest BCUT2D eigenvalue weighted by atomic mass is 19.4. The zero-order valence-corrected chi connectivity index (χ0v) is 21.6. The maximum Gasteiger partial charge on any atom is 0.458 e. The van der Waals surface area contributed by atoms with E-state index in [1.54, 1.807) is 12.1 Å². The van der Waals surface area contributed by atoms with Crippen LogP contribution in [0.4, 0.5) is 22.0 Å². The van der Waals surface area contributed by atoms with Crippen LogP contribution in [0.1, 0.15) is 98.5 Å². The van der Waals surface area contributed by atoms with E-state index in [1.807, 2.05) is 12.1 Å². The Morgan fingerprint density at radius 1 is 0.895 bits per heavy atom. The van der Waals surface area contributed by atoms with Crippen molar-refractivity contribution in [3.05, 3.63) is 64.7 Å². The summed E-state index contributed by atoms with van der Waals surface area (Å²) in [6, 6.07) is 8.35. The average molecular weight is 533 g/mol. The minimum atomic E-state index is -4.89. The van der Waals surface area contributed by atoms with Crippen LogP contribution in [0.15, 0.2) is 36.4 Å². The van der Waals surface area contributed by atoms with E-state index >= 15 is 0 Å². The van der Waals surface area contributed by atoms with Crippen LogP contribution in [0.2, 0.25) is 0 Å². The van der Waals surface area contributed by atoms with E-state index in [0.717, 1.165) is 42.1 Å². The monoisotopic (exact) mass is 532 g/mol. The molecule has 2 aromatic rings. The number of benzene rings is 2. The summed E-state index contributed by atoms with van der Waals surface area (Å²) in [5.74, 6) is 1.35. The van der Waals surface area contributed by atoms with Crippen LogP contribution in [-0.4, -0.2) is 12.1 Å². The lowest BCUT2D eigenvalue weighted by molar-refractivity contribution is -0.0696. The molecule has 0 atom stereocenters. The second-order valence-electron chi connectivity index (χ2n) is 10.7. The topological polar surface area (TPSA) is 26.3 Å². The average Bonchev–Trinajstić information content (AvgIpc) is 2.88. The summed E-state index contributed by atoms with van der Waals surface area (Å²) in [6.45, 7) is 2.27. The van der Waals surface area contributed by atoms with Gasteiger partial charge in [0.2, 0.25) is 0 Å². The van der Waals surface area contributed by atoms with Crippen LogP contribution in [0, 0.1) is 41.2 Å². The Labute approximate surface area is 221 Å². The van der Waals surface area contributed by atoms with Crippen molar-refractivity contribution >= 4 is 5.97 Å². The molecule has 7 heteroatoms. The molecular weight excluding hydrogens is 499 g/mol. The highest BCUT2D eigenvalue weighted by molar-refractivity contribution is 5.91. The molecule has 2 aliphatic rings. The van der Waals surface area contributed by atoms with Crippen molar-refractivity contribution in [2.45, 2.75) is 83.2 Å². The molecule has 2 saturated carbocycles. The second-order valence-corrected chi connectivity index (χ2v) is 10.7. The number of rotatable bonds is 6. The number of carbonyl (C=O) groups is 1. The lowest BCUT2D eigenvalue weighted by Crippen LogP contribution is -2.25. The predicted octanol–water partition coefficient (Wildman–Crippen LogP) is 8.98. The molecule has 4 rings (SSSR count). The maximum absolute atomic E-state index is 14.1. The Kier molecular flexibility index (Phi) is 9.12. The van der Waals surface area contributed by atoms with Crippen molar-refractivity contribution in [1.29, 1.82) is 0 Å². The molecule has 0 amide bonds. The van der Waals surface area contributed by atoms with Crippen LogP contribution < -0.4 is 4.74 Å². The van der Waals surface area contributed by atoms with Crippen LogP contribution in [0.25, 0.3) is 0 Å². The number of hydrogen-bond donors (Lipinski definition) is 0. The van der Waals surface area contributed by atoms with Crippen LogP contribution >= 0.6 is 0 Å². The fourth-order valence-corrected chi connectivity index (χ4v) is 6.20. The van der Waals surface area contributed by atoms with Gasteiger partial charge in [-0.2, -0.15) is 13.2 Å². The maximum atomic E-state index is 14.1. The molecule has 0 bridgehead atoms. The fourth-order valence-electron chi connectivity index (χ4n) is 6.20. The molecule has 2 fully saturated rings. The van der Waals surface area contributed by atoms with E-state index in [2.05, 4.69) is 6.92 Å². The quantitative estimate of drug-likeness (QED) is 0.161. The minimum Gasteiger partial charge on any atom is -0.423 e. The molecule has 0 aromatic heterocycles. The second kappa shape index (κ2) is 12.3. The Morgan fingerprint density at radius 2 is 1.45 bits per heavy atom. The molecule has 2 nitrogen and oxygen atoms in total. The van der Waals surface area contributed by atoms with Crippen molar-refractivity contribution in [1.82, 2.24) is 0 Å². The first kappa shape index (κ1) is 28.1. The van der Waals surface area contributed by atoms with Gasteiger partial charge >= 0.3 is 12.1 Å². The summed E-state index contributed by atoms with van der Waals surface area (Å²) in [4.78, 5) is 12.5. The zero-order valence-electron chi connectivity index (χ0n) is 21.6. The molecule has 0 heterocycles. The van der Waals surface area contributed by atoms with Gasteiger partial charge in [0.15, 0.2) is 0 Å². The van der Waals surface area contributed by atoms with Gasteiger partial charge in [-0.1, -0.05) is 50.7 Å². The van der Waals surface area contributed by atoms with Gasteiger partial charge in [-0.3, -0.25) is 0 Å². The van der Waals surface area contributed by atoms with E-state index in [0.29, 0.717) is 18.1 Å². The van der Waals surface area contributed by atoms with Gasteiger partial charge < -0.3 is 4.74 Å². The standard InChI is InChI=1S/C31H33F5O2/c1-2-3-20-4-6-21(7-5-20)22-8-10-23(11-9-22)24-12-14-25(15-13-24)30(37)38-26-18-28(32)27(29(33)19-26)16-17-31(34,35)36/h12-15,18-23H,2-11H2,1H3. The highest BCUT2D eigenvalue weighted by Crippen LogP contribution is 2.44. The summed E-state index contributed by atoms with van der Waals surface area (Å²) in [7, 11) is 0. The fraction of sp³-hybridized carbons (Fsp3) is 0.516.